The number of hydrogen-bond acceptors (Lipinski definition) is 6. The smallest absolute Gasteiger partial charge is 0.265 e. The molecule has 0 bridgehead atoms. The van der Waals surface area contributed by atoms with Crippen molar-refractivity contribution in [1.29, 1.82) is 0 Å². The first-order valence-corrected chi connectivity index (χ1v) is 12.4. The highest BCUT2D eigenvalue weighted by Gasteiger charge is 2.13. The minimum absolute atomic E-state index is 0.142. The molecule has 4 rings (SSSR count). The molecule has 1 amide bonds. The SMILES string of the molecule is C1CCCCCC1.CNC(=O)C1=N/C=C\C(OC2=CCc3sc(NC)nc3C=C2)=CCC1. The van der Waals surface area contributed by atoms with E-state index in [2.05, 4.69) is 20.6 Å². The van der Waals surface area contributed by atoms with E-state index in [1.165, 1.54) is 49.8 Å². The number of anilines is 1. The quantitative estimate of drug-likeness (QED) is 0.567. The molecule has 1 saturated carbocycles. The number of carbonyl (C=O) groups excluding carboxylic acids is 1. The fourth-order valence-electron chi connectivity index (χ4n) is 3.70. The summed E-state index contributed by atoms with van der Waals surface area (Å²) in [5, 5.41) is 6.59. The molecule has 3 aliphatic rings. The van der Waals surface area contributed by atoms with E-state index < -0.39 is 0 Å². The second kappa shape index (κ2) is 13.0. The second-order valence-corrected chi connectivity index (χ2v) is 9.00. The van der Waals surface area contributed by atoms with Crippen molar-refractivity contribution in [3.63, 3.8) is 0 Å². The van der Waals surface area contributed by atoms with E-state index >= 15 is 0 Å². The number of nitrogens with one attached hydrogen (secondary N) is 2. The molecule has 1 aromatic rings. The van der Waals surface area contributed by atoms with Gasteiger partial charge in [0.1, 0.15) is 17.2 Å². The Morgan fingerprint density at radius 2 is 1.66 bits per heavy atom. The van der Waals surface area contributed by atoms with Gasteiger partial charge < -0.3 is 15.4 Å². The molecule has 2 N–H and O–H groups in total. The minimum atomic E-state index is -0.142. The van der Waals surface area contributed by atoms with E-state index in [4.69, 9.17) is 4.74 Å². The summed E-state index contributed by atoms with van der Waals surface area (Å²) in [5.74, 6) is 1.37. The van der Waals surface area contributed by atoms with Crippen molar-refractivity contribution in [2.45, 2.75) is 64.2 Å². The van der Waals surface area contributed by atoms with E-state index in [1.807, 2.05) is 31.4 Å². The van der Waals surface area contributed by atoms with Gasteiger partial charge in [0.2, 0.25) is 0 Å². The average Bonchev–Trinajstić information content (AvgIpc) is 2.96. The fraction of sp³-hybridized carbons (Fsp3) is 0.480. The maximum Gasteiger partial charge on any atom is 0.265 e. The second-order valence-electron chi connectivity index (χ2n) is 7.91. The molecule has 1 aromatic heterocycles. The molecule has 2 heterocycles. The molecule has 6 nitrogen and oxygen atoms in total. The van der Waals surface area contributed by atoms with E-state index in [-0.39, 0.29) is 5.91 Å². The summed E-state index contributed by atoms with van der Waals surface area (Å²) in [6.07, 6.45) is 23.9. The lowest BCUT2D eigenvalue weighted by atomic mass is 10.1. The number of aliphatic imine (C=N–C) groups is 1. The molecule has 1 fully saturated rings. The van der Waals surface area contributed by atoms with Gasteiger partial charge in [0.25, 0.3) is 5.91 Å². The van der Waals surface area contributed by atoms with Crippen LogP contribution in [0.4, 0.5) is 5.13 Å². The first kappa shape index (κ1) is 24.0. The van der Waals surface area contributed by atoms with Crippen LogP contribution in [0.3, 0.4) is 0 Å². The maximum absolute atomic E-state index is 11.6. The number of hydrogen-bond donors (Lipinski definition) is 2. The van der Waals surface area contributed by atoms with Crippen molar-refractivity contribution in [3.05, 3.63) is 52.6 Å². The van der Waals surface area contributed by atoms with Crippen LogP contribution in [0.5, 0.6) is 0 Å². The highest BCUT2D eigenvalue weighted by molar-refractivity contribution is 7.15. The van der Waals surface area contributed by atoms with Crippen molar-refractivity contribution in [3.8, 4) is 0 Å². The number of rotatable bonds is 4. The Labute approximate surface area is 195 Å². The zero-order chi connectivity index (χ0) is 22.6. The molecule has 0 aromatic carbocycles. The fourth-order valence-corrected chi connectivity index (χ4v) is 4.56. The molecule has 32 heavy (non-hydrogen) atoms. The number of amides is 1. The molecule has 1 aliphatic heterocycles. The lowest BCUT2D eigenvalue weighted by molar-refractivity contribution is -0.114. The highest BCUT2D eigenvalue weighted by atomic mass is 32.1. The third-order valence-electron chi connectivity index (χ3n) is 5.51. The topological polar surface area (TPSA) is 75.6 Å². The summed E-state index contributed by atoms with van der Waals surface area (Å²) in [4.78, 5) is 21.6. The Balaban J connectivity index is 0.000000352. The van der Waals surface area contributed by atoms with Crippen LogP contribution in [0, 0.1) is 0 Å². The number of thiazole rings is 1. The highest BCUT2D eigenvalue weighted by Crippen LogP contribution is 2.28. The number of fused-ring (bicyclic) bond motifs is 1. The number of ether oxygens (including phenoxy) is 1. The average molecular weight is 455 g/mol. The molecule has 2 aliphatic carbocycles. The summed E-state index contributed by atoms with van der Waals surface area (Å²) in [5.41, 5.74) is 1.50. The monoisotopic (exact) mass is 454 g/mol. The van der Waals surface area contributed by atoms with E-state index in [0.717, 1.165) is 28.8 Å². The predicted molar refractivity (Wildman–Crippen MR) is 134 cm³/mol. The first-order chi connectivity index (χ1) is 15.7. The summed E-state index contributed by atoms with van der Waals surface area (Å²) in [6.45, 7) is 0. The van der Waals surface area contributed by atoms with Crippen LogP contribution in [0.2, 0.25) is 0 Å². The van der Waals surface area contributed by atoms with Crippen LogP contribution < -0.4 is 10.6 Å². The zero-order valence-corrected chi connectivity index (χ0v) is 20.0. The summed E-state index contributed by atoms with van der Waals surface area (Å²) >= 11 is 1.65. The van der Waals surface area contributed by atoms with E-state index in [1.54, 1.807) is 30.7 Å². The van der Waals surface area contributed by atoms with Gasteiger partial charge in [0.15, 0.2) is 5.13 Å². The van der Waals surface area contributed by atoms with Gasteiger partial charge in [-0.05, 0) is 43.2 Å². The number of carbonyl (C=O) groups is 1. The van der Waals surface area contributed by atoms with Crippen molar-refractivity contribution >= 4 is 34.2 Å². The Morgan fingerprint density at radius 3 is 2.31 bits per heavy atom. The van der Waals surface area contributed by atoms with Crippen LogP contribution in [-0.4, -0.2) is 30.7 Å². The van der Waals surface area contributed by atoms with Crippen molar-refractivity contribution in [2.75, 3.05) is 19.4 Å². The lowest BCUT2D eigenvalue weighted by Crippen LogP contribution is -2.27. The first-order valence-electron chi connectivity index (χ1n) is 11.6. The van der Waals surface area contributed by atoms with Crippen molar-refractivity contribution in [2.24, 2.45) is 4.99 Å². The van der Waals surface area contributed by atoms with Crippen LogP contribution in [0.25, 0.3) is 6.08 Å². The molecule has 172 valence electrons. The molecular weight excluding hydrogens is 420 g/mol. The third kappa shape index (κ3) is 7.48. The number of aromatic nitrogens is 1. The predicted octanol–water partition coefficient (Wildman–Crippen LogP) is 5.76. The van der Waals surface area contributed by atoms with Crippen LogP contribution in [-0.2, 0) is 16.0 Å². The Morgan fingerprint density at radius 1 is 0.969 bits per heavy atom. The van der Waals surface area contributed by atoms with Crippen molar-refractivity contribution in [1.82, 2.24) is 10.3 Å². The molecule has 0 radical (unpaired) electrons. The Kier molecular flexibility index (Phi) is 9.75. The van der Waals surface area contributed by atoms with E-state index in [9.17, 15) is 4.79 Å². The summed E-state index contributed by atoms with van der Waals surface area (Å²) in [6, 6.07) is 0. The van der Waals surface area contributed by atoms with Gasteiger partial charge in [-0.15, -0.1) is 11.3 Å². The van der Waals surface area contributed by atoms with Gasteiger partial charge in [-0.3, -0.25) is 9.79 Å². The molecule has 0 unspecified atom stereocenters. The van der Waals surface area contributed by atoms with Gasteiger partial charge in [0, 0.05) is 31.6 Å². The van der Waals surface area contributed by atoms with Gasteiger partial charge in [-0.25, -0.2) is 4.98 Å². The third-order valence-corrected chi connectivity index (χ3v) is 6.62. The van der Waals surface area contributed by atoms with Crippen molar-refractivity contribution < 1.29 is 9.53 Å². The Bertz CT molecular complexity index is 905. The molecule has 0 spiro atoms. The van der Waals surface area contributed by atoms with Gasteiger partial charge >= 0.3 is 0 Å². The normalized spacial score (nSPS) is 19.1. The summed E-state index contributed by atoms with van der Waals surface area (Å²) in [7, 11) is 3.48. The van der Waals surface area contributed by atoms with Crippen LogP contribution in [0.1, 0.15) is 68.4 Å². The summed E-state index contributed by atoms with van der Waals surface area (Å²) < 4.78 is 5.97. The number of allylic oxidation sites excluding steroid dienone is 4. The van der Waals surface area contributed by atoms with E-state index in [0.29, 0.717) is 18.6 Å². The van der Waals surface area contributed by atoms with Crippen LogP contribution in [0.15, 0.2) is 47.0 Å². The lowest BCUT2D eigenvalue weighted by Gasteiger charge is -2.09. The molecule has 0 saturated heterocycles. The zero-order valence-electron chi connectivity index (χ0n) is 19.2. The van der Waals surface area contributed by atoms with Gasteiger partial charge in [0.05, 0.1) is 5.69 Å². The largest absolute Gasteiger partial charge is 0.458 e. The molecular formula is C25H34N4O2S. The maximum atomic E-state index is 11.6. The minimum Gasteiger partial charge on any atom is -0.458 e. The Hall–Kier alpha value is -2.67. The molecule has 0 atom stereocenters. The molecule has 7 heteroatoms. The van der Waals surface area contributed by atoms with Gasteiger partial charge in [-0.2, -0.15) is 0 Å². The standard InChI is InChI=1S/C18H20N4O2S.C7H14/c1-19-17(23)15-5-3-4-12(10-11-21-15)24-13-6-8-14-16(9-7-13)25-18(20-2)22-14;1-2-4-6-7-5-3-1/h4,6-8,10-11H,3,5,9H2,1-2H3,(H,19,23)(H,20,22);1-7H2/b11-10-,12-4?,21-15?;. The van der Waals surface area contributed by atoms with Crippen LogP contribution >= 0.6 is 11.3 Å². The number of nitrogens with zero attached hydrogens (tertiary/aromatic N) is 2. The van der Waals surface area contributed by atoms with Gasteiger partial charge in [-0.1, -0.05) is 44.9 Å².